The zero-order valence-electron chi connectivity index (χ0n) is 9.93. The van der Waals surface area contributed by atoms with E-state index < -0.39 is 7.60 Å². The van der Waals surface area contributed by atoms with Crippen molar-refractivity contribution in [2.45, 2.75) is 40.2 Å². The Kier molecular flexibility index (Phi) is 6.11. The first-order valence-electron chi connectivity index (χ1n) is 5.06. The minimum atomic E-state index is -3.61. The minimum Gasteiger partial charge on any atom is -0.321 e. The average molecular weight is 232 g/mol. The van der Waals surface area contributed by atoms with Crippen LogP contribution in [-0.4, -0.2) is 11.0 Å². The second-order valence-corrected chi connectivity index (χ2v) is 5.88. The Labute approximate surface area is 92.4 Å². The first kappa shape index (κ1) is 14.6. The molecule has 88 valence electrons. The Morgan fingerprint density at radius 3 is 2.40 bits per heavy atom. The van der Waals surface area contributed by atoms with Gasteiger partial charge in [0.2, 0.25) is 0 Å². The smallest absolute Gasteiger partial charge is 0.321 e. The third-order valence-corrected chi connectivity index (χ3v) is 3.09. The minimum absolute atomic E-state index is 0.364. The van der Waals surface area contributed by atoms with Gasteiger partial charge in [0.25, 0.3) is 0 Å². The SMILES string of the molecule is C=CC(CC(C)C)OP(=O)(O)C=C(C)C. The van der Waals surface area contributed by atoms with Crippen LogP contribution in [-0.2, 0) is 9.09 Å². The molecule has 4 heteroatoms. The van der Waals surface area contributed by atoms with Crippen molar-refractivity contribution in [2.24, 2.45) is 5.92 Å². The molecule has 0 radical (unpaired) electrons. The molecule has 1 N–H and O–H groups in total. The Morgan fingerprint density at radius 1 is 1.53 bits per heavy atom. The first-order chi connectivity index (χ1) is 6.76. The lowest BCUT2D eigenvalue weighted by molar-refractivity contribution is 0.195. The highest BCUT2D eigenvalue weighted by molar-refractivity contribution is 7.56. The summed E-state index contributed by atoms with van der Waals surface area (Å²) in [6.45, 7) is 11.2. The molecule has 0 fully saturated rings. The maximum absolute atomic E-state index is 11.6. The van der Waals surface area contributed by atoms with E-state index in [-0.39, 0.29) is 6.10 Å². The molecule has 2 atom stereocenters. The van der Waals surface area contributed by atoms with Crippen LogP contribution in [0, 0.1) is 5.92 Å². The molecular weight excluding hydrogens is 211 g/mol. The van der Waals surface area contributed by atoms with Crippen LogP contribution in [0.4, 0.5) is 0 Å². The summed E-state index contributed by atoms with van der Waals surface area (Å²) < 4.78 is 16.7. The van der Waals surface area contributed by atoms with E-state index in [2.05, 4.69) is 6.58 Å². The zero-order valence-corrected chi connectivity index (χ0v) is 10.8. The van der Waals surface area contributed by atoms with Gasteiger partial charge >= 0.3 is 7.60 Å². The van der Waals surface area contributed by atoms with Gasteiger partial charge in [0.15, 0.2) is 0 Å². The van der Waals surface area contributed by atoms with Gasteiger partial charge in [-0.3, -0.25) is 9.09 Å². The van der Waals surface area contributed by atoms with Gasteiger partial charge in [-0.05, 0) is 26.2 Å². The van der Waals surface area contributed by atoms with E-state index in [0.29, 0.717) is 12.3 Å². The summed E-state index contributed by atoms with van der Waals surface area (Å²) in [5.41, 5.74) is 0.771. The van der Waals surface area contributed by atoms with Crippen LogP contribution in [0.3, 0.4) is 0 Å². The van der Waals surface area contributed by atoms with Gasteiger partial charge in [-0.2, -0.15) is 0 Å². The maximum Gasteiger partial charge on any atom is 0.352 e. The summed E-state index contributed by atoms with van der Waals surface area (Å²) in [7, 11) is -3.61. The second-order valence-electron chi connectivity index (χ2n) is 4.28. The fourth-order valence-electron chi connectivity index (χ4n) is 1.20. The number of allylic oxidation sites excluding steroid dienone is 1. The summed E-state index contributed by atoms with van der Waals surface area (Å²) in [4.78, 5) is 9.51. The van der Waals surface area contributed by atoms with Crippen LogP contribution in [0.1, 0.15) is 34.1 Å². The predicted octanol–water partition coefficient (Wildman–Crippen LogP) is 3.71. The summed E-state index contributed by atoms with van der Waals surface area (Å²) in [6.07, 6.45) is 1.91. The normalized spacial score (nSPS) is 16.9. The van der Waals surface area contributed by atoms with Crippen molar-refractivity contribution in [3.05, 3.63) is 24.0 Å². The fraction of sp³-hybridized carbons (Fsp3) is 0.636. The van der Waals surface area contributed by atoms with Crippen molar-refractivity contribution in [3.8, 4) is 0 Å². The second kappa shape index (κ2) is 6.26. The molecule has 0 aliphatic carbocycles. The molecule has 0 saturated heterocycles. The van der Waals surface area contributed by atoms with Gasteiger partial charge in [-0.15, -0.1) is 6.58 Å². The highest BCUT2D eigenvalue weighted by atomic mass is 31.2. The van der Waals surface area contributed by atoms with E-state index >= 15 is 0 Å². The van der Waals surface area contributed by atoms with E-state index in [4.69, 9.17) is 4.52 Å². The molecular formula is C11H21O3P. The quantitative estimate of drug-likeness (QED) is 0.561. The number of hydrogen-bond donors (Lipinski definition) is 1. The molecule has 0 bridgehead atoms. The molecule has 2 unspecified atom stereocenters. The van der Waals surface area contributed by atoms with E-state index in [0.717, 1.165) is 5.57 Å². The highest BCUT2D eigenvalue weighted by Crippen LogP contribution is 2.46. The molecule has 0 aliphatic heterocycles. The molecule has 0 saturated carbocycles. The largest absolute Gasteiger partial charge is 0.352 e. The Hall–Kier alpha value is -0.370. The summed E-state index contributed by atoms with van der Waals surface area (Å²) in [6, 6.07) is 0. The van der Waals surface area contributed by atoms with Crippen LogP contribution in [0.2, 0.25) is 0 Å². The van der Waals surface area contributed by atoms with Gasteiger partial charge in [0, 0.05) is 5.82 Å². The third-order valence-electron chi connectivity index (χ3n) is 1.67. The lowest BCUT2D eigenvalue weighted by Gasteiger charge is -2.18. The predicted molar refractivity (Wildman–Crippen MR) is 63.8 cm³/mol. The van der Waals surface area contributed by atoms with E-state index in [1.807, 2.05) is 13.8 Å². The average Bonchev–Trinajstić information content (AvgIpc) is 1.98. The van der Waals surface area contributed by atoms with Crippen LogP contribution >= 0.6 is 7.60 Å². The number of hydrogen-bond acceptors (Lipinski definition) is 2. The van der Waals surface area contributed by atoms with Crippen LogP contribution in [0.15, 0.2) is 24.0 Å². The first-order valence-corrected chi connectivity index (χ1v) is 6.71. The van der Waals surface area contributed by atoms with E-state index in [1.165, 1.54) is 5.82 Å². The molecule has 0 aromatic heterocycles. The van der Waals surface area contributed by atoms with Crippen molar-refractivity contribution >= 4 is 7.60 Å². The molecule has 0 heterocycles. The van der Waals surface area contributed by atoms with Gasteiger partial charge < -0.3 is 4.89 Å². The molecule has 0 rings (SSSR count). The number of rotatable bonds is 6. The Balaban J connectivity index is 4.47. The van der Waals surface area contributed by atoms with Gasteiger partial charge in [-0.25, -0.2) is 0 Å². The summed E-state index contributed by atoms with van der Waals surface area (Å²) in [5.74, 6) is 1.67. The van der Waals surface area contributed by atoms with Crippen molar-refractivity contribution in [1.82, 2.24) is 0 Å². The molecule has 0 amide bonds. The maximum atomic E-state index is 11.6. The van der Waals surface area contributed by atoms with Crippen molar-refractivity contribution in [2.75, 3.05) is 0 Å². The Morgan fingerprint density at radius 2 is 2.07 bits per heavy atom. The van der Waals surface area contributed by atoms with Crippen molar-refractivity contribution < 1.29 is 14.0 Å². The van der Waals surface area contributed by atoms with Gasteiger partial charge in [0.05, 0.1) is 6.10 Å². The zero-order chi connectivity index (χ0) is 12.1. The molecule has 0 aromatic carbocycles. The van der Waals surface area contributed by atoms with Crippen molar-refractivity contribution in [1.29, 1.82) is 0 Å². The lowest BCUT2D eigenvalue weighted by Crippen LogP contribution is -2.10. The van der Waals surface area contributed by atoms with Crippen LogP contribution in [0.25, 0.3) is 0 Å². The fourth-order valence-corrected chi connectivity index (χ4v) is 2.47. The van der Waals surface area contributed by atoms with Crippen molar-refractivity contribution in [3.63, 3.8) is 0 Å². The highest BCUT2D eigenvalue weighted by Gasteiger charge is 2.21. The van der Waals surface area contributed by atoms with Crippen LogP contribution < -0.4 is 0 Å². The Bertz CT molecular complexity index is 278. The monoisotopic (exact) mass is 232 g/mol. The standard InChI is InChI=1S/C11H21O3P/c1-6-11(7-9(2)3)14-15(12,13)8-10(4)5/h6,8-9,11H,1,7H2,2-5H3,(H,12,13). The molecule has 0 aliphatic rings. The topological polar surface area (TPSA) is 46.5 Å². The third kappa shape index (κ3) is 7.55. The molecule has 3 nitrogen and oxygen atoms in total. The molecule has 0 aromatic rings. The lowest BCUT2D eigenvalue weighted by atomic mass is 10.1. The summed E-state index contributed by atoms with van der Waals surface area (Å²) in [5, 5.41) is 0. The van der Waals surface area contributed by atoms with Gasteiger partial charge in [-0.1, -0.05) is 25.5 Å². The van der Waals surface area contributed by atoms with E-state index in [9.17, 15) is 9.46 Å². The summed E-state index contributed by atoms with van der Waals surface area (Å²) >= 11 is 0. The molecule has 15 heavy (non-hydrogen) atoms. The van der Waals surface area contributed by atoms with E-state index in [1.54, 1.807) is 19.9 Å². The van der Waals surface area contributed by atoms with Gasteiger partial charge in [0.1, 0.15) is 0 Å². The molecule has 0 spiro atoms. The van der Waals surface area contributed by atoms with Crippen LogP contribution in [0.5, 0.6) is 0 Å².